The van der Waals surface area contributed by atoms with Gasteiger partial charge in [-0.05, 0) is 47.4 Å². The average molecular weight is 562 g/mol. The first-order chi connectivity index (χ1) is 16.4. The van der Waals surface area contributed by atoms with Crippen LogP contribution in [0.1, 0.15) is 30.0 Å². The Hall–Kier alpha value is -2.34. The summed E-state index contributed by atoms with van der Waals surface area (Å²) in [7, 11) is 0. The molecular formula is C27H27BrCl2N2O2. The van der Waals surface area contributed by atoms with Crippen LogP contribution in [0, 0.1) is 0 Å². The van der Waals surface area contributed by atoms with Crippen molar-refractivity contribution in [3.05, 3.63) is 104 Å². The summed E-state index contributed by atoms with van der Waals surface area (Å²) < 4.78 is 0.910. The van der Waals surface area contributed by atoms with Crippen molar-refractivity contribution in [3.8, 4) is 0 Å². The molecule has 2 amide bonds. The largest absolute Gasteiger partial charge is 0.354 e. The topological polar surface area (TPSA) is 49.4 Å². The van der Waals surface area contributed by atoms with Crippen molar-refractivity contribution in [2.45, 2.75) is 38.8 Å². The Morgan fingerprint density at radius 1 is 0.971 bits per heavy atom. The number of carbonyl (C=O) groups is 2. The van der Waals surface area contributed by atoms with Gasteiger partial charge < -0.3 is 10.2 Å². The van der Waals surface area contributed by atoms with E-state index in [0.717, 1.165) is 22.0 Å². The van der Waals surface area contributed by atoms with Crippen LogP contribution in [0.3, 0.4) is 0 Å². The maximum Gasteiger partial charge on any atom is 0.243 e. The Bertz CT molecular complexity index is 1120. The lowest BCUT2D eigenvalue weighted by Gasteiger charge is -2.32. The number of hydrogen-bond donors (Lipinski definition) is 1. The van der Waals surface area contributed by atoms with Crippen molar-refractivity contribution in [3.63, 3.8) is 0 Å². The predicted molar refractivity (Wildman–Crippen MR) is 142 cm³/mol. The van der Waals surface area contributed by atoms with Crippen LogP contribution in [-0.4, -0.2) is 29.3 Å². The summed E-state index contributed by atoms with van der Waals surface area (Å²) in [6.07, 6.45) is 1.28. The molecule has 0 bridgehead atoms. The van der Waals surface area contributed by atoms with Crippen LogP contribution in [0.4, 0.5) is 0 Å². The van der Waals surface area contributed by atoms with E-state index in [2.05, 4.69) is 21.2 Å². The van der Waals surface area contributed by atoms with Gasteiger partial charge in [-0.2, -0.15) is 0 Å². The van der Waals surface area contributed by atoms with Gasteiger partial charge in [-0.25, -0.2) is 0 Å². The molecule has 0 aromatic heterocycles. The zero-order chi connectivity index (χ0) is 24.5. The van der Waals surface area contributed by atoms with E-state index in [4.69, 9.17) is 23.2 Å². The molecule has 4 nitrogen and oxygen atoms in total. The van der Waals surface area contributed by atoms with Crippen LogP contribution >= 0.6 is 39.1 Å². The maximum absolute atomic E-state index is 13.7. The average Bonchev–Trinajstić information content (AvgIpc) is 2.82. The minimum Gasteiger partial charge on any atom is -0.354 e. The van der Waals surface area contributed by atoms with Gasteiger partial charge in [0.2, 0.25) is 11.8 Å². The van der Waals surface area contributed by atoms with Crippen LogP contribution in [-0.2, 0) is 29.0 Å². The Morgan fingerprint density at radius 2 is 1.71 bits per heavy atom. The van der Waals surface area contributed by atoms with Crippen LogP contribution in [0.15, 0.2) is 77.3 Å². The van der Waals surface area contributed by atoms with Crippen molar-refractivity contribution < 1.29 is 9.59 Å². The van der Waals surface area contributed by atoms with E-state index in [1.54, 1.807) is 23.1 Å². The van der Waals surface area contributed by atoms with Crippen molar-refractivity contribution >= 4 is 50.9 Å². The molecule has 1 N–H and O–H groups in total. The first-order valence-corrected chi connectivity index (χ1v) is 12.7. The molecule has 0 saturated heterocycles. The first kappa shape index (κ1) is 26.3. The van der Waals surface area contributed by atoms with E-state index >= 15 is 0 Å². The first-order valence-electron chi connectivity index (χ1n) is 11.2. The number of halogens is 3. The summed E-state index contributed by atoms with van der Waals surface area (Å²) >= 11 is 15.9. The summed E-state index contributed by atoms with van der Waals surface area (Å²) in [6, 6.07) is 21.9. The van der Waals surface area contributed by atoms with E-state index in [9.17, 15) is 9.59 Å². The summed E-state index contributed by atoms with van der Waals surface area (Å²) in [6.45, 7) is 2.84. The minimum atomic E-state index is -0.675. The maximum atomic E-state index is 13.7. The number of hydrogen-bond acceptors (Lipinski definition) is 2. The van der Waals surface area contributed by atoms with E-state index in [1.807, 2.05) is 61.5 Å². The van der Waals surface area contributed by atoms with E-state index in [-0.39, 0.29) is 18.2 Å². The standard InChI is InChI=1S/C27H27BrCl2N2O2/c1-2-13-31-27(34)25(15-19-7-4-3-5-8-19)32(18-20-9-6-10-22(28)14-20)26(33)16-21-11-12-23(29)17-24(21)30/h3-12,14,17,25H,2,13,15-16,18H2,1H3,(H,31,34)/t25-/m0/s1. The Balaban J connectivity index is 1.97. The molecule has 0 aliphatic carbocycles. The SMILES string of the molecule is CCCNC(=O)[C@H](Cc1ccccc1)N(Cc1cccc(Br)c1)C(=O)Cc1ccc(Cl)cc1Cl. The van der Waals surface area contributed by atoms with Crippen molar-refractivity contribution in [1.82, 2.24) is 10.2 Å². The molecule has 0 spiro atoms. The molecule has 0 heterocycles. The number of nitrogens with zero attached hydrogens (tertiary/aromatic N) is 1. The highest BCUT2D eigenvalue weighted by molar-refractivity contribution is 9.10. The van der Waals surface area contributed by atoms with Gasteiger partial charge >= 0.3 is 0 Å². The molecule has 0 aliphatic heterocycles. The van der Waals surface area contributed by atoms with Gasteiger partial charge in [0, 0.05) is 34.0 Å². The third kappa shape index (κ3) is 7.59. The van der Waals surface area contributed by atoms with Crippen molar-refractivity contribution in [1.29, 1.82) is 0 Å². The zero-order valence-electron chi connectivity index (χ0n) is 18.9. The monoisotopic (exact) mass is 560 g/mol. The summed E-state index contributed by atoms with van der Waals surface area (Å²) in [5.74, 6) is -0.354. The number of rotatable bonds is 10. The summed E-state index contributed by atoms with van der Waals surface area (Å²) in [5, 5.41) is 3.92. The highest BCUT2D eigenvalue weighted by Gasteiger charge is 2.30. The van der Waals surface area contributed by atoms with E-state index in [0.29, 0.717) is 35.1 Å². The van der Waals surface area contributed by atoms with Gasteiger partial charge in [-0.1, -0.05) is 94.6 Å². The van der Waals surface area contributed by atoms with Crippen LogP contribution < -0.4 is 5.32 Å². The molecule has 3 rings (SSSR count). The van der Waals surface area contributed by atoms with Gasteiger partial charge in [0.1, 0.15) is 6.04 Å². The minimum absolute atomic E-state index is 0.0658. The smallest absolute Gasteiger partial charge is 0.243 e. The fraction of sp³-hybridized carbons (Fsp3) is 0.259. The second-order valence-corrected chi connectivity index (χ2v) is 9.82. The molecule has 0 radical (unpaired) electrons. The molecule has 0 aliphatic rings. The number of carbonyl (C=O) groups excluding carboxylic acids is 2. The normalized spacial score (nSPS) is 11.6. The molecular weight excluding hydrogens is 535 g/mol. The van der Waals surface area contributed by atoms with Gasteiger partial charge in [0.15, 0.2) is 0 Å². The number of amides is 2. The van der Waals surface area contributed by atoms with Crippen LogP contribution in [0.25, 0.3) is 0 Å². The van der Waals surface area contributed by atoms with Crippen LogP contribution in [0.5, 0.6) is 0 Å². The van der Waals surface area contributed by atoms with Crippen LogP contribution in [0.2, 0.25) is 10.0 Å². The fourth-order valence-electron chi connectivity index (χ4n) is 3.68. The van der Waals surface area contributed by atoms with Crippen molar-refractivity contribution in [2.24, 2.45) is 0 Å². The molecule has 0 fully saturated rings. The van der Waals surface area contributed by atoms with Crippen molar-refractivity contribution in [2.75, 3.05) is 6.54 Å². The molecule has 34 heavy (non-hydrogen) atoms. The van der Waals surface area contributed by atoms with Gasteiger partial charge in [-0.15, -0.1) is 0 Å². The molecule has 7 heteroatoms. The molecule has 0 saturated carbocycles. The second-order valence-electron chi connectivity index (χ2n) is 8.06. The number of benzene rings is 3. The lowest BCUT2D eigenvalue weighted by molar-refractivity contribution is -0.140. The third-order valence-corrected chi connectivity index (χ3v) is 6.50. The Morgan fingerprint density at radius 3 is 2.38 bits per heavy atom. The highest BCUT2D eigenvalue weighted by Crippen LogP contribution is 2.24. The van der Waals surface area contributed by atoms with E-state index < -0.39 is 6.04 Å². The molecule has 3 aromatic rings. The van der Waals surface area contributed by atoms with Gasteiger partial charge in [-0.3, -0.25) is 9.59 Å². The van der Waals surface area contributed by atoms with Gasteiger partial charge in [0.05, 0.1) is 6.42 Å². The summed E-state index contributed by atoms with van der Waals surface area (Å²) in [4.78, 5) is 28.7. The van der Waals surface area contributed by atoms with Gasteiger partial charge in [0.25, 0.3) is 0 Å². The quantitative estimate of drug-likeness (QED) is 0.308. The molecule has 0 unspecified atom stereocenters. The van der Waals surface area contributed by atoms with E-state index in [1.165, 1.54) is 0 Å². The third-order valence-electron chi connectivity index (χ3n) is 5.42. The highest BCUT2D eigenvalue weighted by atomic mass is 79.9. The zero-order valence-corrected chi connectivity index (χ0v) is 22.0. The lowest BCUT2D eigenvalue weighted by Crippen LogP contribution is -2.51. The Labute approximate surface area is 219 Å². The lowest BCUT2D eigenvalue weighted by atomic mass is 10.0. The fourth-order valence-corrected chi connectivity index (χ4v) is 4.60. The number of nitrogens with one attached hydrogen (secondary N) is 1. The predicted octanol–water partition coefficient (Wildman–Crippen LogP) is 6.46. The molecule has 178 valence electrons. The molecule has 1 atom stereocenters. The molecule has 3 aromatic carbocycles. The summed E-state index contributed by atoms with van der Waals surface area (Å²) in [5.41, 5.74) is 2.57. The second kappa shape index (κ2) is 12.9. The Kier molecular flexibility index (Phi) is 10.00.